The van der Waals surface area contributed by atoms with Crippen LogP contribution in [0.4, 0.5) is 5.69 Å². The van der Waals surface area contributed by atoms with E-state index >= 15 is 0 Å². The van der Waals surface area contributed by atoms with Gasteiger partial charge in [-0.2, -0.15) is 0 Å². The Morgan fingerprint density at radius 3 is 2.70 bits per heavy atom. The van der Waals surface area contributed by atoms with Gasteiger partial charge in [-0.25, -0.2) is 13.2 Å². The number of aliphatic carboxylic acids is 1. The number of sulfone groups is 1. The highest BCUT2D eigenvalue weighted by Gasteiger charge is 2.53. The highest BCUT2D eigenvalue weighted by molar-refractivity contribution is 7.91. The Bertz CT molecular complexity index is 655. The lowest BCUT2D eigenvalue weighted by Gasteiger charge is -2.42. The van der Waals surface area contributed by atoms with Gasteiger partial charge in [0, 0.05) is 12.2 Å². The maximum Gasteiger partial charge on any atom is 0.330 e. The van der Waals surface area contributed by atoms with E-state index in [1.54, 1.807) is 4.90 Å². The molecule has 0 amide bonds. The molecule has 2 aliphatic heterocycles. The molecule has 3 rings (SSSR count). The first-order chi connectivity index (χ1) is 9.45. The minimum atomic E-state index is -3.27. The fourth-order valence-corrected chi connectivity index (χ4v) is 5.25. The first-order valence-corrected chi connectivity index (χ1v) is 8.56. The Morgan fingerprint density at radius 1 is 1.30 bits per heavy atom. The van der Waals surface area contributed by atoms with Crippen LogP contribution in [0.5, 0.6) is 0 Å². The molecule has 0 spiro atoms. The van der Waals surface area contributed by atoms with Gasteiger partial charge >= 0.3 is 5.97 Å². The van der Waals surface area contributed by atoms with Crippen LogP contribution in [0.15, 0.2) is 24.3 Å². The van der Waals surface area contributed by atoms with E-state index in [1.165, 1.54) is 0 Å². The molecule has 0 radical (unpaired) electrons. The number of nitrogens with zero attached hydrogens (tertiary/aromatic N) is 1. The fraction of sp³-hybridized carbons (Fsp3) is 0.500. The van der Waals surface area contributed by atoms with Crippen LogP contribution in [0.3, 0.4) is 0 Å². The van der Waals surface area contributed by atoms with Gasteiger partial charge in [0.1, 0.15) is 0 Å². The van der Waals surface area contributed by atoms with Gasteiger partial charge in [-0.1, -0.05) is 18.2 Å². The van der Waals surface area contributed by atoms with Crippen molar-refractivity contribution in [1.29, 1.82) is 0 Å². The molecule has 1 atom stereocenters. The van der Waals surface area contributed by atoms with Crippen LogP contribution in [0.25, 0.3) is 0 Å². The highest BCUT2D eigenvalue weighted by atomic mass is 32.2. The second-order valence-electron chi connectivity index (χ2n) is 5.56. The van der Waals surface area contributed by atoms with Crippen molar-refractivity contribution in [2.24, 2.45) is 0 Å². The highest BCUT2D eigenvalue weighted by Crippen LogP contribution is 2.38. The van der Waals surface area contributed by atoms with Gasteiger partial charge in [-0.15, -0.1) is 0 Å². The molecule has 2 heterocycles. The third-order valence-electron chi connectivity index (χ3n) is 4.31. The summed E-state index contributed by atoms with van der Waals surface area (Å²) >= 11 is 0. The van der Waals surface area contributed by atoms with Crippen LogP contribution in [0.2, 0.25) is 0 Å². The number of para-hydroxylation sites is 1. The van der Waals surface area contributed by atoms with Crippen LogP contribution in [-0.2, 0) is 21.1 Å². The standard InChI is InChI=1S/C14H17NO4S/c16-13(17)14(7-9-20(18,19)10-14)15-8-3-5-11-4-1-2-6-12(11)15/h1-2,4,6H,3,5,7-10H2,(H,16,17). The number of benzene rings is 1. The number of aryl methyl sites for hydroxylation is 1. The summed E-state index contributed by atoms with van der Waals surface area (Å²) in [4.78, 5) is 13.6. The predicted molar refractivity (Wildman–Crippen MR) is 75.7 cm³/mol. The van der Waals surface area contributed by atoms with E-state index in [9.17, 15) is 18.3 Å². The van der Waals surface area contributed by atoms with Crippen LogP contribution >= 0.6 is 0 Å². The van der Waals surface area contributed by atoms with Crippen molar-refractivity contribution in [3.8, 4) is 0 Å². The second kappa shape index (κ2) is 4.48. The van der Waals surface area contributed by atoms with E-state index in [0.717, 1.165) is 24.1 Å². The lowest BCUT2D eigenvalue weighted by atomic mass is 9.91. The molecule has 0 aliphatic carbocycles. The third-order valence-corrected chi connectivity index (χ3v) is 6.05. The molecule has 0 saturated carbocycles. The maximum atomic E-state index is 11.8. The summed E-state index contributed by atoms with van der Waals surface area (Å²) in [6.07, 6.45) is 1.93. The number of fused-ring (bicyclic) bond motifs is 1. The minimum Gasteiger partial charge on any atom is -0.479 e. The summed E-state index contributed by atoms with van der Waals surface area (Å²) in [5, 5.41) is 9.67. The summed E-state index contributed by atoms with van der Waals surface area (Å²) in [7, 11) is -3.27. The molecule has 1 aromatic rings. The minimum absolute atomic E-state index is 0.0437. The molecular formula is C14H17NO4S. The number of anilines is 1. The quantitative estimate of drug-likeness (QED) is 0.883. The first-order valence-electron chi connectivity index (χ1n) is 6.74. The monoisotopic (exact) mass is 295 g/mol. The van der Waals surface area contributed by atoms with E-state index in [2.05, 4.69) is 0 Å². The van der Waals surface area contributed by atoms with E-state index in [-0.39, 0.29) is 17.9 Å². The lowest BCUT2D eigenvalue weighted by Crippen LogP contribution is -2.57. The topological polar surface area (TPSA) is 74.7 Å². The number of carboxylic acid groups (broad SMARTS) is 1. The van der Waals surface area contributed by atoms with Crippen LogP contribution in [-0.4, -0.2) is 43.1 Å². The summed E-state index contributed by atoms with van der Waals surface area (Å²) < 4.78 is 23.6. The molecule has 1 N–H and O–H groups in total. The average Bonchev–Trinajstić information content (AvgIpc) is 2.75. The molecule has 6 heteroatoms. The molecule has 0 aromatic heterocycles. The third kappa shape index (κ3) is 1.98. The number of carboxylic acids is 1. The Morgan fingerprint density at radius 2 is 2.05 bits per heavy atom. The Balaban J connectivity index is 2.09. The molecule has 1 fully saturated rings. The Labute approximate surface area is 118 Å². The molecule has 1 unspecified atom stereocenters. The van der Waals surface area contributed by atoms with Crippen molar-refractivity contribution in [1.82, 2.24) is 0 Å². The van der Waals surface area contributed by atoms with Crippen molar-refractivity contribution in [3.63, 3.8) is 0 Å². The number of hydrogen-bond donors (Lipinski definition) is 1. The summed E-state index contributed by atoms with van der Waals surface area (Å²) in [6, 6.07) is 7.68. The molecule has 2 aliphatic rings. The van der Waals surface area contributed by atoms with E-state index < -0.39 is 21.3 Å². The van der Waals surface area contributed by atoms with Crippen LogP contribution in [0, 0.1) is 0 Å². The van der Waals surface area contributed by atoms with Crippen molar-refractivity contribution in [2.45, 2.75) is 24.8 Å². The average molecular weight is 295 g/mol. The summed E-state index contributed by atoms with van der Waals surface area (Å²) in [6.45, 7) is 0.596. The Kier molecular flexibility index (Phi) is 3.01. The zero-order valence-corrected chi connectivity index (χ0v) is 11.9. The normalized spacial score (nSPS) is 28.1. The van der Waals surface area contributed by atoms with Gasteiger partial charge < -0.3 is 10.0 Å². The SMILES string of the molecule is O=C(O)C1(N2CCCc3ccccc32)CCS(=O)(=O)C1. The maximum absolute atomic E-state index is 11.8. The number of carbonyl (C=O) groups is 1. The molecular weight excluding hydrogens is 278 g/mol. The Hall–Kier alpha value is -1.56. The van der Waals surface area contributed by atoms with Gasteiger partial charge in [-0.3, -0.25) is 0 Å². The van der Waals surface area contributed by atoms with E-state index in [0.29, 0.717) is 6.54 Å². The van der Waals surface area contributed by atoms with Gasteiger partial charge in [-0.05, 0) is 30.9 Å². The molecule has 0 bridgehead atoms. The fourth-order valence-electron chi connectivity index (χ4n) is 3.31. The van der Waals surface area contributed by atoms with Crippen molar-refractivity contribution in [2.75, 3.05) is 23.0 Å². The molecule has 20 heavy (non-hydrogen) atoms. The summed E-state index contributed by atoms with van der Waals surface area (Å²) in [5.74, 6) is -1.36. The zero-order chi connectivity index (χ0) is 14.4. The number of rotatable bonds is 2. The molecule has 108 valence electrons. The first kappa shape index (κ1) is 13.4. The predicted octanol–water partition coefficient (Wildman–Crippen LogP) is 1.08. The van der Waals surface area contributed by atoms with Crippen LogP contribution in [0.1, 0.15) is 18.4 Å². The lowest BCUT2D eigenvalue weighted by molar-refractivity contribution is -0.142. The van der Waals surface area contributed by atoms with Gasteiger partial charge in [0.2, 0.25) is 0 Å². The van der Waals surface area contributed by atoms with Gasteiger partial charge in [0.25, 0.3) is 0 Å². The van der Waals surface area contributed by atoms with Crippen LogP contribution < -0.4 is 4.90 Å². The molecule has 1 aromatic carbocycles. The van der Waals surface area contributed by atoms with Gasteiger partial charge in [0.15, 0.2) is 15.4 Å². The van der Waals surface area contributed by atoms with E-state index in [1.807, 2.05) is 24.3 Å². The summed E-state index contributed by atoms with van der Waals surface area (Å²) in [5.41, 5.74) is 0.678. The van der Waals surface area contributed by atoms with Crippen molar-refractivity contribution >= 4 is 21.5 Å². The molecule has 1 saturated heterocycles. The smallest absolute Gasteiger partial charge is 0.330 e. The number of hydrogen-bond acceptors (Lipinski definition) is 4. The van der Waals surface area contributed by atoms with Gasteiger partial charge in [0.05, 0.1) is 11.5 Å². The largest absolute Gasteiger partial charge is 0.479 e. The van der Waals surface area contributed by atoms with Crippen molar-refractivity contribution < 1.29 is 18.3 Å². The zero-order valence-electron chi connectivity index (χ0n) is 11.1. The van der Waals surface area contributed by atoms with Crippen molar-refractivity contribution in [3.05, 3.63) is 29.8 Å². The molecule has 5 nitrogen and oxygen atoms in total. The van der Waals surface area contributed by atoms with E-state index in [4.69, 9.17) is 0 Å². The second-order valence-corrected chi connectivity index (χ2v) is 7.75.